The Kier molecular flexibility index (Phi) is 6.94. The lowest BCUT2D eigenvalue weighted by molar-refractivity contribution is -0.144. The number of hydrogen-bond acceptors (Lipinski definition) is 4. The second kappa shape index (κ2) is 7.95. The normalized spacial score (nSPS) is 25.0. The van der Waals surface area contributed by atoms with Crippen molar-refractivity contribution < 1.29 is 9.53 Å². The molecule has 2 N–H and O–H groups in total. The molecule has 1 fully saturated rings. The van der Waals surface area contributed by atoms with E-state index in [0.29, 0.717) is 17.6 Å². The third-order valence-corrected chi connectivity index (χ3v) is 5.05. The second-order valence-corrected chi connectivity index (χ2v) is 6.82. The maximum absolute atomic E-state index is 11.5. The van der Waals surface area contributed by atoms with Gasteiger partial charge in [-0.1, -0.05) is 18.1 Å². The highest BCUT2D eigenvalue weighted by atomic mass is 32.2. The number of carbonyl (C=O) groups excluding carboxylic acids is 1. The van der Waals surface area contributed by atoms with Gasteiger partial charge in [0.15, 0.2) is 0 Å². The summed E-state index contributed by atoms with van der Waals surface area (Å²) in [7, 11) is 0. The number of hydrogen-bond donors (Lipinski definition) is 1. The van der Waals surface area contributed by atoms with Crippen LogP contribution in [-0.4, -0.2) is 29.6 Å². The van der Waals surface area contributed by atoms with Crippen LogP contribution in [0, 0.1) is 5.92 Å². The van der Waals surface area contributed by atoms with E-state index in [9.17, 15) is 4.79 Å². The van der Waals surface area contributed by atoms with Gasteiger partial charge in [-0.3, -0.25) is 4.79 Å². The average Bonchev–Trinajstić information content (AvgIpc) is 2.35. The molecule has 0 saturated heterocycles. The summed E-state index contributed by atoms with van der Waals surface area (Å²) in [6.07, 6.45) is 3.66. The summed E-state index contributed by atoms with van der Waals surface area (Å²) in [6.45, 7) is 8.88. The van der Waals surface area contributed by atoms with E-state index in [4.69, 9.17) is 10.5 Å². The number of esters is 1. The first-order chi connectivity index (χ1) is 8.95. The van der Waals surface area contributed by atoms with Crippen LogP contribution >= 0.6 is 11.8 Å². The minimum Gasteiger partial charge on any atom is -0.465 e. The fraction of sp³-hybridized carbons (Fsp3) is 0.800. The molecule has 0 radical (unpaired) electrons. The van der Waals surface area contributed by atoms with Crippen molar-refractivity contribution in [3.05, 3.63) is 11.1 Å². The molecule has 0 aromatic rings. The summed E-state index contributed by atoms with van der Waals surface area (Å²) in [4.78, 5) is 11.5. The Morgan fingerprint density at radius 1 is 1.53 bits per heavy atom. The Morgan fingerprint density at radius 3 is 2.79 bits per heavy atom. The van der Waals surface area contributed by atoms with E-state index in [-0.39, 0.29) is 5.97 Å². The van der Waals surface area contributed by atoms with Gasteiger partial charge in [0.25, 0.3) is 0 Å². The molecule has 19 heavy (non-hydrogen) atoms. The van der Waals surface area contributed by atoms with E-state index >= 15 is 0 Å². The average molecular weight is 285 g/mol. The lowest BCUT2D eigenvalue weighted by atomic mass is 9.85. The number of nitrogens with two attached hydrogens (primary N) is 1. The molecule has 1 aliphatic carbocycles. The standard InChI is InChI=1S/C15H27NO2S/c1-5-18-15(17)13(16)9-19-14-8-11(4)6-7-12(14)10(2)3/h11,13-14H,5-9,16H2,1-4H3/t11-,13+,14?/m1/s1. The Morgan fingerprint density at radius 2 is 2.21 bits per heavy atom. The topological polar surface area (TPSA) is 52.3 Å². The quantitative estimate of drug-likeness (QED) is 0.623. The molecule has 0 spiro atoms. The van der Waals surface area contributed by atoms with Crippen LogP contribution in [0.3, 0.4) is 0 Å². The largest absolute Gasteiger partial charge is 0.465 e. The third-order valence-electron chi connectivity index (χ3n) is 3.62. The summed E-state index contributed by atoms with van der Waals surface area (Å²) >= 11 is 1.82. The van der Waals surface area contributed by atoms with E-state index in [2.05, 4.69) is 20.8 Å². The smallest absolute Gasteiger partial charge is 0.323 e. The van der Waals surface area contributed by atoms with E-state index < -0.39 is 6.04 Å². The Balaban J connectivity index is 2.53. The fourth-order valence-electron chi connectivity index (χ4n) is 2.47. The van der Waals surface area contributed by atoms with Gasteiger partial charge < -0.3 is 10.5 Å². The first kappa shape index (κ1) is 16.6. The molecule has 1 rings (SSSR count). The minimum atomic E-state index is -0.499. The molecular weight excluding hydrogens is 258 g/mol. The van der Waals surface area contributed by atoms with E-state index in [0.717, 1.165) is 5.92 Å². The molecule has 0 aromatic heterocycles. The van der Waals surface area contributed by atoms with Crippen molar-refractivity contribution in [2.75, 3.05) is 12.4 Å². The van der Waals surface area contributed by atoms with Crippen LogP contribution in [0.1, 0.15) is 47.0 Å². The molecule has 0 bridgehead atoms. The summed E-state index contributed by atoms with van der Waals surface area (Å²) in [6, 6.07) is -0.499. The van der Waals surface area contributed by atoms with Crippen molar-refractivity contribution >= 4 is 17.7 Å². The first-order valence-corrected chi connectivity index (χ1v) is 8.20. The lowest BCUT2D eigenvalue weighted by Crippen LogP contribution is -2.35. The van der Waals surface area contributed by atoms with Crippen LogP contribution in [0.4, 0.5) is 0 Å². The predicted octanol–water partition coefficient (Wildman–Crippen LogP) is 3.14. The van der Waals surface area contributed by atoms with Gasteiger partial charge in [-0.2, -0.15) is 11.8 Å². The summed E-state index contributed by atoms with van der Waals surface area (Å²) < 4.78 is 4.95. The number of carbonyl (C=O) groups is 1. The van der Waals surface area contributed by atoms with Crippen molar-refractivity contribution in [2.45, 2.75) is 58.2 Å². The van der Waals surface area contributed by atoms with Gasteiger partial charge >= 0.3 is 5.97 Å². The molecule has 1 saturated carbocycles. The molecule has 0 heterocycles. The van der Waals surface area contributed by atoms with Gasteiger partial charge in [0.1, 0.15) is 6.04 Å². The van der Waals surface area contributed by atoms with Gasteiger partial charge in [0.2, 0.25) is 0 Å². The molecule has 4 heteroatoms. The second-order valence-electron chi connectivity index (χ2n) is 5.59. The van der Waals surface area contributed by atoms with Crippen LogP contribution in [0.5, 0.6) is 0 Å². The Hall–Kier alpha value is -0.480. The molecule has 110 valence electrons. The molecule has 3 atom stereocenters. The Bertz CT molecular complexity index is 337. The zero-order chi connectivity index (χ0) is 14.4. The highest BCUT2D eigenvalue weighted by Gasteiger charge is 2.26. The molecule has 3 nitrogen and oxygen atoms in total. The first-order valence-electron chi connectivity index (χ1n) is 7.15. The molecule has 0 aliphatic heterocycles. The molecular formula is C15H27NO2S. The summed E-state index contributed by atoms with van der Waals surface area (Å²) in [5, 5.41) is 0.522. The molecule has 1 unspecified atom stereocenters. The highest BCUT2D eigenvalue weighted by Crippen LogP contribution is 2.37. The monoisotopic (exact) mass is 285 g/mol. The van der Waals surface area contributed by atoms with Gasteiger partial charge in [0, 0.05) is 11.0 Å². The zero-order valence-electron chi connectivity index (χ0n) is 12.6. The van der Waals surface area contributed by atoms with Crippen LogP contribution in [0.15, 0.2) is 11.1 Å². The lowest BCUT2D eigenvalue weighted by Gasteiger charge is -2.31. The van der Waals surface area contributed by atoms with E-state index in [1.54, 1.807) is 5.57 Å². The van der Waals surface area contributed by atoms with E-state index in [1.165, 1.54) is 24.8 Å². The predicted molar refractivity (Wildman–Crippen MR) is 82.2 cm³/mol. The van der Waals surface area contributed by atoms with Gasteiger partial charge in [-0.25, -0.2) is 0 Å². The van der Waals surface area contributed by atoms with Gasteiger partial charge in [-0.05, 0) is 46.0 Å². The van der Waals surface area contributed by atoms with Crippen LogP contribution in [-0.2, 0) is 9.53 Å². The van der Waals surface area contributed by atoms with Crippen molar-refractivity contribution in [3.8, 4) is 0 Å². The van der Waals surface area contributed by atoms with Crippen molar-refractivity contribution in [2.24, 2.45) is 11.7 Å². The number of allylic oxidation sites excluding steroid dienone is 1. The van der Waals surface area contributed by atoms with E-state index in [1.807, 2.05) is 18.7 Å². The maximum Gasteiger partial charge on any atom is 0.323 e. The number of rotatable bonds is 5. The minimum absolute atomic E-state index is 0.280. The van der Waals surface area contributed by atoms with Gasteiger partial charge in [0.05, 0.1) is 6.61 Å². The van der Waals surface area contributed by atoms with Crippen LogP contribution in [0.25, 0.3) is 0 Å². The molecule has 1 aliphatic rings. The third kappa shape index (κ3) is 5.19. The van der Waals surface area contributed by atoms with Crippen LogP contribution in [0.2, 0.25) is 0 Å². The Labute approximate surface area is 121 Å². The molecule has 0 amide bonds. The van der Waals surface area contributed by atoms with Gasteiger partial charge in [-0.15, -0.1) is 0 Å². The van der Waals surface area contributed by atoms with Crippen molar-refractivity contribution in [3.63, 3.8) is 0 Å². The van der Waals surface area contributed by atoms with Crippen molar-refractivity contribution in [1.82, 2.24) is 0 Å². The SMILES string of the molecule is CCOC(=O)[C@@H](N)CSC1C[C@H](C)CCC1=C(C)C. The fourth-order valence-corrected chi connectivity index (χ4v) is 4.06. The summed E-state index contributed by atoms with van der Waals surface area (Å²) in [5.41, 5.74) is 8.85. The zero-order valence-corrected chi connectivity index (χ0v) is 13.4. The number of thioether (sulfide) groups is 1. The maximum atomic E-state index is 11.5. The van der Waals surface area contributed by atoms with Crippen molar-refractivity contribution in [1.29, 1.82) is 0 Å². The number of ether oxygens (including phenoxy) is 1. The molecule has 0 aromatic carbocycles. The highest BCUT2D eigenvalue weighted by molar-refractivity contribution is 8.00. The van der Waals surface area contributed by atoms with Crippen LogP contribution < -0.4 is 5.73 Å². The summed E-state index contributed by atoms with van der Waals surface area (Å²) in [5.74, 6) is 1.13.